The third kappa shape index (κ3) is 6.60. The molecule has 0 spiro atoms. The van der Waals surface area contributed by atoms with Gasteiger partial charge in [-0.05, 0) is 61.3 Å². The van der Waals surface area contributed by atoms with Crippen molar-refractivity contribution in [3.8, 4) is 10.4 Å². The van der Waals surface area contributed by atoms with Crippen LogP contribution in [0.15, 0.2) is 36.4 Å². The average molecular weight is 505 g/mol. The molecule has 184 valence electrons. The van der Waals surface area contributed by atoms with Gasteiger partial charge >= 0.3 is 0 Å². The van der Waals surface area contributed by atoms with E-state index in [9.17, 15) is 9.59 Å². The number of benzene rings is 1. The van der Waals surface area contributed by atoms with Crippen molar-refractivity contribution in [3.05, 3.63) is 41.3 Å². The van der Waals surface area contributed by atoms with Crippen molar-refractivity contribution >= 4 is 40.6 Å². The van der Waals surface area contributed by atoms with Crippen LogP contribution in [0.2, 0.25) is 0 Å². The van der Waals surface area contributed by atoms with Gasteiger partial charge in [0.05, 0.1) is 4.75 Å². The highest BCUT2D eigenvalue weighted by Gasteiger charge is 2.38. The summed E-state index contributed by atoms with van der Waals surface area (Å²) in [5.41, 5.74) is 4.41. The number of thioether (sulfide) groups is 1. The lowest BCUT2D eigenvalue weighted by molar-refractivity contribution is -0.200. The van der Waals surface area contributed by atoms with E-state index in [0.717, 1.165) is 54.0 Å². The maximum atomic E-state index is 12.9. The second kappa shape index (κ2) is 12.2. The second-order valence-corrected chi connectivity index (χ2v) is 11.2. The lowest BCUT2D eigenvalue weighted by Crippen LogP contribution is -2.37. The highest BCUT2D eigenvalue weighted by atomic mass is 32.2. The van der Waals surface area contributed by atoms with E-state index in [4.69, 9.17) is 14.3 Å². The smallest absolute Gasteiger partial charge is 0.250 e. The quantitative estimate of drug-likeness (QED) is 0.464. The molecule has 2 aliphatic heterocycles. The Kier molecular flexibility index (Phi) is 9.02. The van der Waals surface area contributed by atoms with Crippen LogP contribution in [-0.2, 0) is 28.6 Å². The predicted octanol–water partition coefficient (Wildman–Crippen LogP) is 5.08. The third-order valence-electron chi connectivity index (χ3n) is 6.00. The molecule has 2 N–H and O–H groups in total. The molecule has 2 saturated heterocycles. The molecular weight excluding hydrogens is 472 g/mol. The Morgan fingerprint density at radius 2 is 2.06 bits per heavy atom. The molecule has 0 aliphatic carbocycles. The number of hydrogen-bond acceptors (Lipinski definition) is 7. The van der Waals surface area contributed by atoms with Crippen LogP contribution in [0.5, 0.6) is 0 Å². The number of hydroxylamine groups is 1. The van der Waals surface area contributed by atoms with E-state index in [1.165, 1.54) is 18.4 Å². The number of carbonyl (C=O) groups is 2. The molecule has 2 amide bonds. The minimum absolute atomic E-state index is 0.0196. The number of methoxy groups -OCH3 is 1. The van der Waals surface area contributed by atoms with Crippen LogP contribution in [0.1, 0.15) is 49.8 Å². The number of thiophene rings is 1. The van der Waals surface area contributed by atoms with Crippen LogP contribution in [0.25, 0.3) is 10.4 Å². The van der Waals surface area contributed by atoms with Crippen molar-refractivity contribution in [1.82, 2.24) is 5.48 Å². The summed E-state index contributed by atoms with van der Waals surface area (Å²) < 4.78 is 10.2. The number of amides is 2. The average Bonchev–Trinajstić information content (AvgIpc) is 3.36. The summed E-state index contributed by atoms with van der Waals surface area (Å²) in [6.07, 6.45) is 6.14. The molecular formula is C25H32N2O5S2. The molecule has 3 heterocycles. The van der Waals surface area contributed by atoms with Gasteiger partial charge in [0.15, 0.2) is 6.29 Å². The molecule has 0 saturated carbocycles. The van der Waals surface area contributed by atoms with Crippen molar-refractivity contribution < 1.29 is 23.9 Å². The Bertz CT molecular complexity index is 968. The molecule has 1 unspecified atom stereocenters. The number of carbonyl (C=O) groups excluding carboxylic acids is 2. The highest BCUT2D eigenvalue weighted by molar-refractivity contribution is 8.00. The van der Waals surface area contributed by atoms with Crippen molar-refractivity contribution in [2.45, 2.75) is 56.0 Å². The van der Waals surface area contributed by atoms with E-state index in [-0.39, 0.29) is 29.5 Å². The molecule has 7 nitrogen and oxygen atoms in total. The topological polar surface area (TPSA) is 85.9 Å². The molecule has 1 aromatic heterocycles. The van der Waals surface area contributed by atoms with E-state index < -0.39 is 0 Å². The van der Waals surface area contributed by atoms with Gasteiger partial charge in [-0.3, -0.25) is 9.59 Å². The van der Waals surface area contributed by atoms with Crippen LogP contribution >= 0.6 is 23.1 Å². The molecule has 9 heteroatoms. The lowest BCUT2D eigenvalue weighted by Gasteiger charge is -2.35. The zero-order valence-electron chi connectivity index (χ0n) is 19.5. The Morgan fingerprint density at radius 3 is 2.82 bits per heavy atom. The zero-order valence-corrected chi connectivity index (χ0v) is 21.1. The number of nitrogens with one attached hydrogen (secondary N) is 2. The van der Waals surface area contributed by atoms with Crippen LogP contribution in [-0.4, -0.2) is 44.2 Å². The molecule has 2 aliphatic rings. The third-order valence-corrected chi connectivity index (χ3v) is 9.08. The van der Waals surface area contributed by atoms with Gasteiger partial charge in [0.2, 0.25) is 11.8 Å². The van der Waals surface area contributed by atoms with Gasteiger partial charge in [-0.15, -0.1) is 23.1 Å². The Morgan fingerprint density at radius 1 is 1.15 bits per heavy atom. The zero-order chi connectivity index (χ0) is 23.8. The summed E-state index contributed by atoms with van der Waals surface area (Å²) in [4.78, 5) is 32.6. The number of anilines is 1. The first-order valence-corrected chi connectivity index (χ1v) is 13.6. The molecule has 2 atom stereocenters. The summed E-state index contributed by atoms with van der Waals surface area (Å²) >= 11 is 3.58. The first kappa shape index (κ1) is 25.2. The van der Waals surface area contributed by atoms with Gasteiger partial charge in [-0.2, -0.15) is 0 Å². The van der Waals surface area contributed by atoms with E-state index in [1.807, 2.05) is 36.0 Å². The molecule has 0 radical (unpaired) electrons. The second-order valence-electron chi connectivity index (χ2n) is 8.64. The van der Waals surface area contributed by atoms with Gasteiger partial charge in [0.25, 0.3) is 0 Å². The van der Waals surface area contributed by atoms with Crippen LogP contribution in [0.3, 0.4) is 0 Å². The standard InChI is InChI=1S/C25H32N2O5S2/c1-30-17-23(29)26-19-8-6-7-18(15-19)20-10-11-21(34-20)25(12-3-5-14-33-25)16-22(28)27-32-24-9-2-4-13-31-24/h6-8,10-11,15,24H,2-5,9,12-14,16-17H2,1H3,(H,26,29)(H,27,28)/t24?,25-/m0/s1. The predicted molar refractivity (Wildman–Crippen MR) is 136 cm³/mol. The number of ether oxygens (including phenoxy) is 2. The number of rotatable bonds is 9. The van der Waals surface area contributed by atoms with Crippen molar-refractivity contribution in [2.75, 3.05) is 31.4 Å². The lowest BCUT2D eigenvalue weighted by atomic mass is 9.94. The van der Waals surface area contributed by atoms with Crippen LogP contribution in [0.4, 0.5) is 5.69 Å². The molecule has 1 aromatic carbocycles. The van der Waals surface area contributed by atoms with E-state index >= 15 is 0 Å². The number of hydrogen-bond donors (Lipinski definition) is 2. The van der Waals surface area contributed by atoms with Gasteiger partial charge in [-0.1, -0.05) is 18.6 Å². The monoisotopic (exact) mass is 504 g/mol. The van der Waals surface area contributed by atoms with E-state index in [1.54, 1.807) is 11.3 Å². The largest absolute Gasteiger partial charge is 0.375 e. The minimum atomic E-state index is -0.349. The van der Waals surface area contributed by atoms with Crippen molar-refractivity contribution in [1.29, 1.82) is 0 Å². The van der Waals surface area contributed by atoms with Gasteiger partial charge < -0.3 is 14.8 Å². The van der Waals surface area contributed by atoms with Crippen LogP contribution in [0, 0.1) is 0 Å². The summed E-state index contributed by atoms with van der Waals surface area (Å²) in [6, 6.07) is 12.1. The maximum absolute atomic E-state index is 12.9. The van der Waals surface area contributed by atoms with Gasteiger partial charge in [-0.25, -0.2) is 10.3 Å². The molecule has 2 aromatic rings. The summed E-state index contributed by atoms with van der Waals surface area (Å²) in [5.74, 6) is 0.742. The fourth-order valence-corrected chi connectivity index (χ4v) is 7.21. The molecule has 0 bridgehead atoms. The Hall–Kier alpha value is -1.91. The summed E-state index contributed by atoms with van der Waals surface area (Å²) in [6.45, 7) is 0.696. The first-order valence-electron chi connectivity index (χ1n) is 11.8. The van der Waals surface area contributed by atoms with Gasteiger partial charge in [0.1, 0.15) is 6.61 Å². The van der Waals surface area contributed by atoms with Crippen molar-refractivity contribution in [3.63, 3.8) is 0 Å². The fourth-order valence-electron chi connectivity index (χ4n) is 4.32. The molecule has 4 rings (SSSR count). The van der Waals surface area contributed by atoms with Gasteiger partial charge in [0, 0.05) is 42.0 Å². The van der Waals surface area contributed by atoms with E-state index in [0.29, 0.717) is 13.0 Å². The fraction of sp³-hybridized carbons (Fsp3) is 0.520. The highest BCUT2D eigenvalue weighted by Crippen LogP contribution is 2.51. The first-order chi connectivity index (χ1) is 16.6. The van der Waals surface area contributed by atoms with Crippen LogP contribution < -0.4 is 10.8 Å². The maximum Gasteiger partial charge on any atom is 0.250 e. The minimum Gasteiger partial charge on any atom is -0.375 e. The molecule has 34 heavy (non-hydrogen) atoms. The summed E-state index contributed by atoms with van der Waals surface area (Å²) in [7, 11) is 1.50. The summed E-state index contributed by atoms with van der Waals surface area (Å²) in [5, 5.41) is 2.86. The Labute approximate surface area is 208 Å². The van der Waals surface area contributed by atoms with Crippen molar-refractivity contribution in [2.24, 2.45) is 0 Å². The van der Waals surface area contributed by atoms with E-state index in [2.05, 4.69) is 22.9 Å². The normalized spacial score (nSPS) is 22.8. The Balaban J connectivity index is 1.46. The SMILES string of the molecule is COCC(=O)Nc1cccc(-c2ccc([C@@]3(CC(=O)NOC4CCCCO4)CCCCS3)s2)c1. The molecule has 2 fully saturated rings.